The fourth-order valence-corrected chi connectivity index (χ4v) is 2.72. The van der Waals surface area contributed by atoms with Crippen molar-refractivity contribution in [2.45, 2.75) is 32.6 Å². The molecular weight excluding hydrogens is 407 g/mol. The van der Waals surface area contributed by atoms with Gasteiger partial charge < -0.3 is 19.9 Å². The number of nitrogens with one attached hydrogen (secondary N) is 1. The van der Waals surface area contributed by atoms with Crippen LogP contribution >= 0.6 is 24.0 Å². The molecule has 0 saturated carbocycles. The number of aliphatic imine (C=N–C) groups is 1. The summed E-state index contributed by atoms with van der Waals surface area (Å²) in [4.78, 5) is 20.5. The molecule has 1 N–H and O–H groups in total. The maximum Gasteiger partial charge on any atom is 0.308 e. The molecule has 0 amide bonds. The molecule has 0 aromatic rings. The lowest BCUT2D eigenvalue weighted by Crippen LogP contribution is -2.48. The van der Waals surface area contributed by atoms with Crippen LogP contribution in [0.3, 0.4) is 0 Å². The van der Waals surface area contributed by atoms with Gasteiger partial charge in [0.1, 0.15) is 0 Å². The Labute approximate surface area is 158 Å². The molecule has 1 fully saturated rings. The molecule has 6 nitrogen and oxygen atoms in total. The lowest BCUT2D eigenvalue weighted by atomic mass is 9.97. The van der Waals surface area contributed by atoms with Crippen LogP contribution in [0.1, 0.15) is 32.6 Å². The molecule has 0 unspecified atom stereocenters. The number of guanidine groups is 1. The summed E-state index contributed by atoms with van der Waals surface area (Å²) in [5, 5.41) is 3.42. The molecule has 1 aliphatic rings. The van der Waals surface area contributed by atoms with Crippen molar-refractivity contribution in [1.29, 1.82) is 0 Å². The summed E-state index contributed by atoms with van der Waals surface area (Å²) in [7, 11) is 5.43. The summed E-state index contributed by atoms with van der Waals surface area (Å²) < 4.78 is 4.83. The number of carbonyl (C=O) groups excluding carboxylic acids is 1. The van der Waals surface area contributed by atoms with E-state index in [0.717, 1.165) is 51.5 Å². The first-order chi connectivity index (χ1) is 10.6. The van der Waals surface area contributed by atoms with Crippen molar-refractivity contribution in [3.05, 3.63) is 0 Å². The number of hydrogen-bond acceptors (Lipinski definition) is 4. The first kappa shape index (κ1) is 22.4. The predicted octanol–water partition coefficient (Wildman–Crippen LogP) is 1.80. The van der Waals surface area contributed by atoms with Crippen molar-refractivity contribution in [3.63, 3.8) is 0 Å². The number of likely N-dealkylation sites (N-methyl/N-ethyl adjacent to an activating group) is 1. The lowest BCUT2D eigenvalue weighted by molar-refractivity contribution is -0.146. The highest BCUT2D eigenvalue weighted by molar-refractivity contribution is 14.0. The summed E-state index contributed by atoms with van der Waals surface area (Å²) in [5.41, 5.74) is 0. The van der Waals surface area contributed by atoms with E-state index in [0.29, 0.717) is 0 Å². The van der Waals surface area contributed by atoms with E-state index in [1.807, 2.05) is 7.05 Å². The zero-order chi connectivity index (χ0) is 16.4. The average molecular weight is 440 g/mol. The Morgan fingerprint density at radius 2 is 2.00 bits per heavy atom. The SMILES string of the molecule is CCCCN(C)CCNC(=NC)N1CCC(C(=O)OC)CC1.I. The van der Waals surface area contributed by atoms with Gasteiger partial charge in [-0.15, -0.1) is 24.0 Å². The fraction of sp³-hybridized carbons (Fsp3) is 0.875. The van der Waals surface area contributed by atoms with Crippen LogP contribution in [0.25, 0.3) is 0 Å². The summed E-state index contributed by atoms with van der Waals surface area (Å²) in [6.07, 6.45) is 4.15. The molecule has 7 heteroatoms. The summed E-state index contributed by atoms with van der Waals surface area (Å²) >= 11 is 0. The van der Waals surface area contributed by atoms with E-state index < -0.39 is 0 Å². The summed E-state index contributed by atoms with van der Waals surface area (Å²) in [5.74, 6) is 0.895. The first-order valence-corrected chi connectivity index (χ1v) is 8.34. The van der Waals surface area contributed by atoms with Crippen molar-refractivity contribution in [1.82, 2.24) is 15.1 Å². The van der Waals surface area contributed by atoms with Crippen molar-refractivity contribution in [3.8, 4) is 0 Å². The Morgan fingerprint density at radius 1 is 1.35 bits per heavy atom. The maximum absolute atomic E-state index is 11.6. The van der Waals surface area contributed by atoms with Gasteiger partial charge in [0.15, 0.2) is 5.96 Å². The van der Waals surface area contributed by atoms with E-state index in [1.165, 1.54) is 20.0 Å². The van der Waals surface area contributed by atoms with Gasteiger partial charge >= 0.3 is 5.97 Å². The molecule has 136 valence electrons. The van der Waals surface area contributed by atoms with Gasteiger partial charge in [-0.3, -0.25) is 9.79 Å². The van der Waals surface area contributed by atoms with E-state index >= 15 is 0 Å². The highest BCUT2D eigenvalue weighted by atomic mass is 127. The molecule has 0 aromatic carbocycles. The van der Waals surface area contributed by atoms with Crippen LogP contribution in [0.4, 0.5) is 0 Å². The number of carbonyl (C=O) groups is 1. The Hall–Kier alpha value is -0.570. The molecule has 0 aliphatic carbocycles. The van der Waals surface area contributed by atoms with E-state index in [9.17, 15) is 4.79 Å². The monoisotopic (exact) mass is 440 g/mol. The minimum Gasteiger partial charge on any atom is -0.469 e. The van der Waals surface area contributed by atoms with Gasteiger partial charge in [0.05, 0.1) is 13.0 Å². The topological polar surface area (TPSA) is 57.2 Å². The molecule has 0 bridgehead atoms. The number of piperidine rings is 1. The molecule has 0 aromatic heterocycles. The van der Waals surface area contributed by atoms with Gasteiger partial charge in [-0.25, -0.2) is 0 Å². The molecule has 1 heterocycles. The smallest absolute Gasteiger partial charge is 0.308 e. The molecular formula is C16H33IN4O2. The number of esters is 1. The highest BCUT2D eigenvalue weighted by Crippen LogP contribution is 2.18. The Morgan fingerprint density at radius 3 is 2.52 bits per heavy atom. The molecule has 0 spiro atoms. The normalized spacial score (nSPS) is 16.2. The van der Waals surface area contributed by atoms with Crippen molar-refractivity contribution in [2.75, 3.05) is 53.9 Å². The summed E-state index contributed by atoms with van der Waals surface area (Å²) in [6, 6.07) is 0. The second-order valence-corrected chi connectivity index (χ2v) is 5.92. The lowest BCUT2D eigenvalue weighted by Gasteiger charge is -2.33. The Bertz CT molecular complexity index is 358. The third-order valence-electron chi connectivity index (χ3n) is 4.21. The van der Waals surface area contributed by atoms with Crippen LogP contribution in [-0.4, -0.2) is 75.7 Å². The predicted molar refractivity (Wildman–Crippen MR) is 105 cm³/mol. The van der Waals surface area contributed by atoms with E-state index in [2.05, 4.69) is 34.1 Å². The molecule has 1 aliphatic heterocycles. The average Bonchev–Trinajstić information content (AvgIpc) is 2.56. The van der Waals surface area contributed by atoms with Crippen molar-refractivity contribution < 1.29 is 9.53 Å². The van der Waals surface area contributed by atoms with Crippen molar-refractivity contribution >= 4 is 35.9 Å². The number of hydrogen-bond donors (Lipinski definition) is 1. The second-order valence-electron chi connectivity index (χ2n) is 5.92. The second kappa shape index (κ2) is 12.8. The van der Waals surface area contributed by atoms with Crippen LogP contribution in [0.15, 0.2) is 4.99 Å². The number of ether oxygens (including phenoxy) is 1. The van der Waals surface area contributed by atoms with Gasteiger partial charge in [-0.05, 0) is 32.9 Å². The number of halogens is 1. The molecule has 0 atom stereocenters. The zero-order valence-electron chi connectivity index (χ0n) is 15.0. The maximum atomic E-state index is 11.6. The van der Waals surface area contributed by atoms with Gasteiger partial charge in [-0.2, -0.15) is 0 Å². The molecule has 1 saturated heterocycles. The minimum absolute atomic E-state index is 0. The quantitative estimate of drug-likeness (QED) is 0.283. The summed E-state index contributed by atoms with van der Waals surface area (Å²) in [6.45, 7) is 6.96. The van der Waals surface area contributed by atoms with E-state index in [-0.39, 0.29) is 35.9 Å². The molecule has 1 rings (SSSR count). The van der Waals surface area contributed by atoms with Crippen LogP contribution in [0, 0.1) is 5.92 Å². The van der Waals surface area contributed by atoms with Crippen LogP contribution in [-0.2, 0) is 9.53 Å². The van der Waals surface area contributed by atoms with Crippen LogP contribution < -0.4 is 5.32 Å². The van der Waals surface area contributed by atoms with Crippen molar-refractivity contribution in [2.24, 2.45) is 10.9 Å². The molecule has 0 radical (unpaired) electrons. The zero-order valence-corrected chi connectivity index (χ0v) is 17.3. The van der Waals surface area contributed by atoms with E-state index in [1.54, 1.807) is 0 Å². The third-order valence-corrected chi connectivity index (χ3v) is 4.21. The van der Waals surface area contributed by atoms with Gasteiger partial charge in [0, 0.05) is 33.2 Å². The standard InChI is InChI=1S/C16H32N4O2.HI/c1-5-6-10-19(3)13-9-18-16(17-2)20-11-7-14(8-12-20)15(21)22-4;/h14H,5-13H2,1-4H3,(H,17,18);1H. The largest absolute Gasteiger partial charge is 0.469 e. The fourth-order valence-electron chi connectivity index (χ4n) is 2.72. The number of rotatable bonds is 7. The van der Waals surface area contributed by atoms with Gasteiger partial charge in [-0.1, -0.05) is 13.3 Å². The number of nitrogens with zero attached hydrogens (tertiary/aromatic N) is 3. The molecule has 23 heavy (non-hydrogen) atoms. The Balaban J connectivity index is 0.00000484. The number of unbranched alkanes of at least 4 members (excludes halogenated alkanes) is 1. The third kappa shape index (κ3) is 8.19. The number of methoxy groups -OCH3 is 1. The number of likely N-dealkylation sites (tertiary alicyclic amines) is 1. The van der Waals surface area contributed by atoms with Gasteiger partial charge in [0.25, 0.3) is 0 Å². The highest BCUT2D eigenvalue weighted by Gasteiger charge is 2.26. The first-order valence-electron chi connectivity index (χ1n) is 8.34. The Kier molecular flexibility index (Phi) is 12.5. The van der Waals surface area contributed by atoms with E-state index in [4.69, 9.17) is 4.74 Å². The van der Waals surface area contributed by atoms with Crippen LogP contribution in [0.2, 0.25) is 0 Å². The minimum atomic E-state index is -0.0832. The van der Waals surface area contributed by atoms with Crippen LogP contribution in [0.5, 0.6) is 0 Å². The van der Waals surface area contributed by atoms with Gasteiger partial charge in [0.2, 0.25) is 0 Å².